The normalized spacial score (nSPS) is 30.6. The van der Waals surface area contributed by atoms with E-state index in [2.05, 4.69) is 0 Å². The molecule has 0 spiro atoms. The minimum atomic E-state index is -1.39. The fourth-order valence-corrected chi connectivity index (χ4v) is 2.76. The molecule has 3 rings (SSSR count). The lowest BCUT2D eigenvalue weighted by molar-refractivity contribution is -0.225. The van der Waals surface area contributed by atoms with Gasteiger partial charge in [0.25, 0.3) is 0 Å². The fourth-order valence-electron chi connectivity index (χ4n) is 2.76. The van der Waals surface area contributed by atoms with Crippen molar-refractivity contribution in [2.45, 2.75) is 78.1 Å². The molecule has 1 aliphatic carbocycles. The quantitative estimate of drug-likeness (QED) is 0.585. The van der Waals surface area contributed by atoms with Gasteiger partial charge in [0.1, 0.15) is 11.7 Å². The molecule has 6 nitrogen and oxygen atoms in total. The third-order valence-corrected chi connectivity index (χ3v) is 4.54. The first-order valence-corrected chi connectivity index (χ1v) is 8.02. The Hall–Kier alpha value is -1.59. The number of carbonyl (C=O) groups is 3. The lowest BCUT2D eigenvalue weighted by Gasteiger charge is -2.48. The summed E-state index contributed by atoms with van der Waals surface area (Å²) in [5.41, 5.74) is -2.88. The summed E-state index contributed by atoms with van der Waals surface area (Å²) in [6, 6.07) is 0. The third kappa shape index (κ3) is 3.51. The maximum Gasteiger partial charge on any atom is 0.350 e. The van der Waals surface area contributed by atoms with E-state index in [-0.39, 0.29) is 11.9 Å². The van der Waals surface area contributed by atoms with Crippen molar-refractivity contribution in [1.82, 2.24) is 0 Å². The maximum absolute atomic E-state index is 12.5. The molecule has 6 heteroatoms. The Labute approximate surface area is 136 Å². The smallest absolute Gasteiger partial charge is 0.350 e. The first kappa shape index (κ1) is 17.8. The van der Waals surface area contributed by atoms with Crippen LogP contribution in [0, 0.1) is 11.3 Å². The van der Waals surface area contributed by atoms with E-state index in [1.807, 2.05) is 0 Å². The summed E-state index contributed by atoms with van der Waals surface area (Å²) in [4.78, 5) is 36.2. The molecule has 2 aliphatic heterocycles. The summed E-state index contributed by atoms with van der Waals surface area (Å²) in [5.74, 6) is -1.52. The van der Waals surface area contributed by atoms with Crippen molar-refractivity contribution in [1.29, 1.82) is 0 Å². The fraction of sp³-hybridized carbons (Fsp3) is 0.824. The van der Waals surface area contributed by atoms with E-state index < -0.39 is 34.7 Å². The van der Waals surface area contributed by atoms with Crippen LogP contribution in [0.1, 0.15) is 60.8 Å². The van der Waals surface area contributed by atoms with E-state index in [4.69, 9.17) is 14.2 Å². The molecule has 2 saturated heterocycles. The maximum atomic E-state index is 12.5. The summed E-state index contributed by atoms with van der Waals surface area (Å²) in [5, 5.41) is 0. The van der Waals surface area contributed by atoms with Crippen LogP contribution < -0.4 is 0 Å². The summed E-state index contributed by atoms with van der Waals surface area (Å²) in [7, 11) is 0. The molecule has 3 atom stereocenters. The van der Waals surface area contributed by atoms with E-state index in [9.17, 15) is 14.4 Å². The molecule has 0 amide bonds. The Morgan fingerprint density at radius 3 is 2.26 bits per heavy atom. The molecular weight excluding hydrogens is 300 g/mol. The number of rotatable bonds is 3. The van der Waals surface area contributed by atoms with Crippen LogP contribution in [-0.2, 0) is 28.6 Å². The number of fused-ring (bicyclic) bond motifs is 3. The van der Waals surface area contributed by atoms with Crippen molar-refractivity contribution in [3.63, 3.8) is 0 Å². The van der Waals surface area contributed by atoms with Crippen LogP contribution in [0.4, 0.5) is 0 Å². The van der Waals surface area contributed by atoms with Gasteiger partial charge >= 0.3 is 17.9 Å². The second-order valence-corrected chi connectivity index (χ2v) is 8.25. The molecular formula is C17H26O6. The van der Waals surface area contributed by atoms with Crippen molar-refractivity contribution >= 4 is 17.9 Å². The predicted molar refractivity (Wildman–Crippen MR) is 81.3 cm³/mol. The van der Waals surface area contributed by atoms with Gasteiger partial charge in [0, 0.05) is 6.42 Å². The summed E-state index contributed by atoms with van der Waals surface area (Å²) >= 11 is 0. The highest BCUT2D eigenvalue weighted by Gasteiger charge is 2.54. The van der Waals surface area contributed by atoms with Gasteiger partial charge in [0.05, 0.1) is 11.3 Å². The number of ether oxygens (including phenoxy) is 3. The van der Waals surface area contributed by atoms with Crippen LogP contribution in [0.15, 0.2) is 0 Å². The molecule has 0 aromatic carbocycles. The van der Waals surface area contributed by atoms with Gasteiger partial charge in [-0.15, -0.1) is 0 Å². The average Bonchev–Trinajstić information content (AvgIpc) is 2.38. The Balaban J connectivity index is 2.04. The molecule has 2 heterocycles. The Morgan fingerprint density at radius 2 is 1.78 bits per heavy atom. The molecule has 1 saturated carbocycles. The zero-order valence-electron chi connectivity index (χ0n) is 14.7. The van der Waals surface area contributed by atoms with E-state index in [1.54, 1.807) is 27.7 Å². The Kier molecular flexibility index (Phi) is 4.24. The largest absolute Gasteiger partial charge is 0.455 e. The second-order valence-electron chi connectivity index (χ2n) is 8.25. The molecule has 3 fully saturated rings. The summed E-state index contributed by atoms with van der Waals surface area (Å²) < 4.78 is 16.3. The molecule has 130 valence electrons. The van der Waals surface area contributed by atoms with Gasteiger partial charge in [-0.3, -0.25) is 9.59 Å². The molecule has 3 aliphatic rings. The summed E-state index contributed by atoms with van der Waals surface area (Å²) in [6.07, 6.45) is 1.39. The third-order valence-electron chi connectivity index (χ3n) is 4.54. The SMILES string of the molecule is CC(C)(C)C(=O)OC(C)(C)C(=O)OC1CC2CCC1(C)OC2=O. The van der Waals surface area contributed by atoms with Crippen molar-refractivity contribution in [2.75, 3.05) is 0 Å². The van der Waals surface area contributed by atoms with Crippen LogP contribution in [0.25, 0.3) is 0 Å². The first-order chi connectivity index (χ1) is 10.3. The van der Waals surface area contributed by atoms with Crippen molar-refractivity contribution < 1.29 is 28.6 Å². The Bertz CT molecular complexity index is 530. The second kappa shape index (κ2) is 5.49. The Morgan fingerprint density at radius 1 is 1.17 bits per heavy atom. The topological polar surface area (TPSA) is 78.9 Å². The van der Waals surface area contributed by atoms with E-state index in [0.717, 1.165) is 6.42 Å². The number of hydrogen-bond acceptors (Lipinski definition) is 6. The van der Waals surface area contributed by atoms with Crippen LogP contribution in [-0.4, -0.2) is 35.2 Å². The summed E-state index contributed by atoms with van der Waals surface area (Å²) in [6.45, 7) is 9.96. The standard InChI is InChI=1S/C17H26O6/c1-15(2,3)13(19)23-16(4,5)14(20)21-11-9-10-7-8-17(11,6)22-12(10)18/h10-11H,7-9H2,1-6H3. The van der Waals surface area contributed by atoms with Crippen LogP contribution in [0.5, 0.6) is 0 Å². The van der Waals surface area contributed by atoms with E-state index in [1.165, 1.54) is 13.8 Å². The van der Waals surface area contributed by atoms with Gasteiger partial charge in [-0.1, -0.05) is 0 Å². The monoisotopic (exact) mass is 326 g/mol. The number of carbonyl (C=O) groups excluding carboxylic acids is 3. The zero-order valence-corrected chi connectivity index (χ0v) is 14.7. The number of esters is 3. The first-order valence-electron chi connectivity index (χ1n) is 8.02. The van der Waals surface area contributed by atoms with Gasteiger partial charge in [-0.2, -0.15) is 0 Å². The van der Waals surface area contributed by atoms with Crippen molar-refractivity contribution in [3.8, 4) is 0 Å². The predicted octanol–water partition coefficient (Wildman–Crippen LogP) is 2.38. The minimum absolute atomic E-state index is 0.213. The highest BCUT2D eigenvalue weighted by Crippen LogP contribution is 2.43. The van der Waals surface area contributed by atoms with E-state index in [0.29, 0.717) is 12.8 Å². The number of hydrogen-bond donors (Lipinski definition) is 0. The molecule has 3 unspecified atom stereocenters. The highest BCUT2D eigenvalue weighted by molar-refractivity contribution is 5.84. The minimum Gasteiger partial charge on any atom is -0.455 e. The highest BCUT2D eigenvalue weighted by atomic mass is 16.6. The van der Waals surface area contributed by atoms with Gasteiger partial charge in [-0.05, 0) is 54.4 Å². The average molecular weight is 326 g/mol. The van der Waals surface area contributed by atoms with Gasteiger partial charge in [-0.25, -0.2) is 4.79 Å². The van der Waals surface area contributed by atoms with Crippen molar-refractivity contribution in [2.24, 2.45) is 11.3 Å². The van der Waals surface area contributed by atoms with Crippen LogP contribution in [0.3, 0.4) is 0 Å². The van der Waals surface area contributed by atoms with Gasteiger partial charge < -0.3 is 14.2 Å². The lowest BCUT2D eigenvalue weighted by atomic mass is 9.74. The molecule has 23 heavy (non-hydrogen) atoms. The van der Waals surface area contributed by atoms with Crippen molar-refractivity contribution in [3.05, 3.63) is 0 Å². The molecule has 0 N–H and O–H groups in total. The zero-order chi connectivity index (χ0) is 17.6. The molecule has 0 aromatic heterocycles. The molecule has 0 aromatic rings. The van der Waals surface area contributed by atoms with Gasteiger partial charge in [0.15, 0.2) is 0 Å². The van der Waals surface area contributed by atoms with E-state index >= 15 is 0 Å². The molecule has 2 bridgehead atoms. The van der Waals surface area contributed by atoms with Gasteiger partial charge in [0.2, 0.25) is 5.60 Å². The van der Waals surface area contributed by atoms with Crippen LogP contribution >= 0.6 is 0 Å². The lowest BCUT2D eigenvalue weighted by Crippen LogP contribution is -2.58. The van der Waals surface area contributed by atoms with Crippen LogP contribution in [0.2, 0.25) is 0 Å². The molecule has 0 radical (unpaired) electrons.